The number of aryl methyl sites for hydroxylation is 2. The second kappa shape index (κ2) is 6.96. The molecule has 0 bridgehead atoms. The summed E-state index contributed by atoms with van der Waals surface area (Å²) in [7, 11) is 0. The molecule has 0 radical (unpaired) electrons. The smallest absolute Gasteiger partial charge is 0.276 e. The van der Waals surface area contributed by atoms with Crippen LogP contribution in [0.2, 0.25) is 0 Å². The summed E-state index contributed by atoms with van der Waals surface area (Å²) in [6.45, 7) is 4.22. The van der Waals surface area contributed by atoms with Crippen LogP contribution in [0.15, 0.2) is 53.3 Å². The van der Waals surface area contributed by atoms with Gasteiger partial charge in [0.1, 0.15) is 6.54 Å². The summed E-state index contributed by atoms with van der Waals surface area (Å²) in [5.41, 5.74) is 2.72. The van der Waals surface area contributed by atoms with Crippen LogP contribution in [-0.4, -0.2) is 15.7 Å². The molecule has 0 atom stereocenters. The van der Waals surface area contributed by atoms with Gasteiger partial charge in [0.05, 0.1) is 15.8 Å². The van der Waals surface area contributed by atoms with Crippen molar-refractivity contribution in [3.05, 3.63) is 75.7 Å². The van der Waals surface area contributed by atoms with Crippen LogP contribution in [0.5, 0.6) is 0 Å². The molecule has 2 aromatic carbocycles. The Labute approximate surface area is 160 Å². The van der Waals surface area contributed by atoms with Crippen molar-refractivity contribution in [1.29, 1.82) is 0 Å². The van der Waals surface area contributed by atoms with Crippen LogP contribution < -0.4 is 10.9 Å². The summed E-state index contributed by atoms with van der Waals surface area (Å²) in [6, 6.07) is 15.7. The fourth-order valence-electron chi connectivity index (χ4n) is 3.21. The number of benzene rings is 2. The molecule has 27 heavy (non-hydrogen) atoms. The van der Waals surface area contributed by atoms with Gasteiger partial charge in [0.2, 0.25) is 5.91 Å². The second-order valence-corrected chi connectivity index (χ2v) is 7.61. The maximum atomic E-state index is 12.9. The number of amides is 1. The first kappa shape index (κ1) is 17.4. The molecule has 4 aromatic rings. The highest BCUT2D eigenvalue weighted by Gasteiger charge is 2.16. The van der Waals surface area contributed by atoms with E-state index in [1.807, 2.05) is 62.4 Å². The molecule has 1 amide bonds. The highest BCUT2D eigenvalue weighted by molar-refractivity contribution is 7.26. The molecule has 1 N–H and O–H groups in total. The average molecular weight is 377 g/mol. The molecule has 2 heterocycles. The lowest BCUT2D eigenvalue weighted by Gasteiger charge is -2.09. The van der Waals surface area contributed by atoms with Gasteiger partial charge in [-0.1, -0.05) is 42.5 Å². The van der Waals surface area contributed by atoms with E-state index in [0.717, 1.165) is 31.6 Å². The molecule has 6 heteroatoms. The number of hydrogen-bond acceptors (Lipinski definition) is 4. The minimum absolute atomic E-state index is 0.0916. The molecule has 0 fully saturated rings. The van der Waals surface area contributed by atoms with E-state index in [2.05, 4.69) is 10.4 Å². The highest BCUT2D eigenvalue weighted by atomic mass is 32.1. The first-order valence-corrected chi connectivity index (χ1v) is 9.56. The van der Waals surface area contributed by atoms with Gasteiger partial charge in [-0.15, -0.1) is 11.3 Å². The Morgan fingerprint density at radius 2 is 1.85 bits per heavy atom. The minimum Gasteiger partial charge on any atom is -0.350 e. The lowest BCUT2D eigenvalue weighted by Crippen LogP contribution is -2.33. The van der Waals surface area contributed by atoms with E-state index in [4.69, 9.17) is 0 Å². The van der Waals surface area contributed by atoms with Crippen LogP contribution in [0.3, 0.4) is 0 Å². The summed E-state index contributed by atoms with van der Waals surface area (Å²) in [5, 5.41) is 8.81. The van der Waals surface area contributed by atoms with Crippen LogP contribution >= 0.6 is 11.3 Å². The normalized spacial score (nSPS) is 11.2. The fraction of sp³-hybridized carbons (Fsp3) is 0.190. The largest absolute Gasteiger partial charge is 0.350 e. The van der Waals surface area contributed by atoms with Gasteiger partial charge in [0, 0.05) is 16.6 Å². The molecule has 0 saturated carbocycles. The van der Waals surface area contributed by atoms with E-state index < -0.39 is 0 Å². The molecule has 0 unspecified atom stereocenters. The SMILES string of the molecule is Cc1ccccc1CNC(=O)Cn1nc(C)c2sc3ccccc3c2c1=O. The summed E-state index contributed by atoms with van der Waals surface area (Å²) in [5.74, 6) is -0.230. The maximum Gasteiger partial charge on any atom is 0.276 e. The van der Waals surface area contributed by atoms with E-state index in [9.17, 15) is 9.59 Å². The number of nitrogens with one attached hydrogen (secondary N) is 1. The van der Waals surface area contributed by atoms with Crippen molar-refractivity contribution in [3.63, 3.8) is 0 Å². The van der Waals surface area contributed by atoms with Gasteiger partial charge in [-0.3, -0.25) is 9.59 Å². The number of fused-ring (bicyclic) bond motifs is 3. The summed E-state index contributed by atoms with van der Waals surface area (Å²) in [6.07, 6.45) is 0. The average Bonchev–Trinajstić information content (AvgIpc) is 3.06. The quantitative estimate of drug-likeness (QED) is 0.592. The van der Waals surface area contributed by atoms with E-state index in [1.165, 1.54) is 4.68 Å². The molecule has 4 rings (SSSR count). The molecule has 0 aliphatic heterocycles. The molecule has 0 aliphatic carbocycles. The van der Waals surface area contributed by atoms with Crippen LogP contribution in [0, 0.1) is 13.8 Å². The van der Waals surface area contributed by atoms with Crippen molar-refractivity contribution < 1.29 is 4.79 Å². The Hall–Kier alpha value is -2.99. The van der Waals surface area contributed by atoms with E-state index in [1.54, 1.807) is 11.3 Å². The summed E-state index contributed by atoms with van der Waals surface area (Å²) < 4.78 is 3.21. The first-order chi connectivity index (χ1) is 13.0. The number of aromatic nitrogens is 2. The monoisotopic (exact) mass is 377 g/mol. The number of nitrogens with zero attached hydrogens (tertiary/aromatic N) is 2. The summed E-state index contributed by atoms with van der Waals surface area (Å²) >= 11 is 1.56. The Kier molecular flexibility index (Phi) is 4.49. The Balaban J connectivity index is 1.63. The van der Waals surface area contributed by atoms with Crippen LogP contribution in [-0.2, 0) is 17.9 Å². The zero-order chi connectivity index (χ0) is 19.0. The van der Waals surface area contributed by atoms with Crippen LogP contribution in [0.25, 0.3) is 20.2 Å². The van der Waals surface area contributed by atoms with Gasteiger partial charge >= 0.3 is 0 Å². The second-order valence-electron chi connectivity index (χ2n) is 6.55. The van der Waals surface area contributed by atoms with Gasteiger partial charge in [-0.2, -0.15) is 5.10 Å². The van der Waals surface area contributed by atoms with Crippen molar-refractivity contribution in [2.24, 2.45) is 0 Å². The van der Waals surface area contributed by atoms with Gasteiger partial charge in [0.25, 0.3) is 5.56 Å². The molecule has 136 valence electrons. The third kappa shape index (κ3) is 3.24. The Morgan fingerprint density at radius 1 is 1.11 bits per heavy atom. The number of carbonyl (C=O) groups is 1. The minimum atomic E-state index is -0.230. The van der Waals surface area contributed by atoms with Crippen LogP contribution in [0.4, 0.5) is 0 Å². The van der Waals surface area contributed by atoms with Gasteiger partial charge < -0.3 is 5.32 Å². The van der Waals surface area contributed by atoms with Crippen molar-refractivity contribution in [1.82, 2.24) is 15.1 Å². The molecule has 0 aliphatic rings. The number of hydrogen-bond donors (Lipinski definition) is 1. The van der Waals surface area contributed by atoms with E-state index in [0.29, 0.717) is 11.9 Å². The van der Waals surface area contributed by atoms with Crippen molar-refractivity contribution >= 4 is 37.4 Å². The predicted octanol–water partition coefficient (Wildman–Crippen LogP) is 3.54. The number of carbonyl (C=O) groups excluding carboxylic acids is 1. The molecule has 0 spiro atoms. The molecule has 5 nitrogen and oxygen atoms in total. The lowest BCUT2D eigenvalue weighted by atomic mass is 10.1. The highest BCUT2D eigenvalue weighted by Crippen LogP contribution is 2.32. The Morgan fingerprint density at radius 3 is 2.67 bits per heavy atom. The van der Waals surface area contributed by atoms with Gasteiger partial charge in [-0.05, 0) is 31.0 Å². The Bertz CT molecular complexity index is 1220. The van der Waals surface area contributed by atoms with Crippen LogP contribution in [0.1, 0.15) is 16.8 Å². The molecule has 2 aromatic heterocycles. The van der Waals surface area contributed by atoms with E-state index >= 15 is 0 Å². The zero-order valence-corrected chi connectivity index (χ0v) is 16.0. The zero-order valence-electron chi connectivity index (χ0n) is 15.2. The van der Waals surface area contributed by atoms with Crippen molar-refractivity contribution in [2.45, 2.75) is 26.9 Å². The number of rotatable bonds is 4. The molecule has 0 saturated heterocycles. The van der Waals surface area contributed by atoms with Crippen molar-refractivity contribution in [2.75, 3.05) is 0 Å². The predicted molar refractivity (Wildman–Crippen MR) is 109 cm³/mol. The fourth-order valence-corrected chi connectivity index (χ4v) is 4.35. The van der Waals surface area contributed by atoms with E-state index in [-0.39, 0.29) is 18.0 Å². The molecular formula is C21H19N3O2S. The first-order valence-electron chi connectivity index (χ1n) is 8.75. The topological polar surface area (TPSA) is 64.0 Å². The lowest BCUT2D eigenvalue weighted by molar-refractivity contribution is -0.122. The van der Waals surface area contributed by atoms with Gasteiger partial charge in [-0.25, -0.2) is 4.68 Å². The third-order valence-electron chi connectivity index (χ3n) is 4.67. The molecular weight excluding hydrogens is 358 g/mol. The van der Waals surface area contributed by atoms with Gasteiger partial charge in [0.15, 0.2) is 0 Å². The third-order valence-corrected chi connectivity index (χ3v) is 5.95. The maximum absolute atomic E-state index is 12.9. The van der Waals surface area contributed by atoms with Crippen molar-refractivity contribution in [3.8, 4) is 0 Å². The standard InChI is InChI=1S/C21H19N3O2S/c1-13-7-3-4-8-15(13)11-22-18(25)12-24-21(26)19-16-9-5-6-10-17(16)27-20(19)14(2)23-24/h3-10H,11-12H2,1-2H3,(H,22,25). The number of thiophene rings is 1. The summed E-state index contributed by atoms with van der Waals surface area (Å²) in [4.78, 5) is 25.3.